The molecule has 0 aliphatic rings. The van der Waals surface area contributed by atoms with E-state index in [1.165, 1.54) is 11.3 Å². The van der Waals surface area contributed by atoms with Crippen LogP contribution < -0.4 is 21.9 Å². The van der Waals surface area contributed by atoms with E-state index in [1.807, 2.05) is 6.07 Å². The quantitative estimate of drug-likeness (QED) is 0.452. The lowest BCUT2D eigenvalue weighted by Gasteiger charge is -2.07. The molecule has 2 heterocycles. The Morgan fingerprint density at radius 1 is 1.50 bits per heavy atom. The van der Waals surface area contributed by atoms with Gasteiger partial charge in [-0.25, -0.2) is 4.98 Å². The minimum absolute atomic E-state index is 0.321. The molecular formula is C10H11N5OS2. The molecule has 0 saturated heterocycles. The minimum atomic E-state index is -0.340. The molecule has 6 nitrogen and oxygen atoms in total. The van der Waals surface area contributed by atoms with Crippen molar-refractivity contribution in [3.05, 3.63) is 23.2 Å². The van der Waals surface area contributed by atoms with E-state index in [4.69, 9.17) is 18.0 Å². The highest BCUT2D eigenvalue weighted by molar-refractivity contribution is 7.80. The molecule has 2 aromatic rings. The first-order chi connectivity index (χ1) is 8.63. The lowest BCUT2D eigenvalue weighted by atomic mass is 10.2. The third-order valence-electron chi connectivity index (χ3n) is 2.23. The second-order valence-electron chi connectivity index (χ2n) is 3.36. The maximum absolute atomic E-state index is 11.9. The van der Waals surface area contributed by atoms with E-state index >= 15 is 0 Å². The van der Waals surface area contributed by atoms with Crippen LogP contribution in [0.15, 0.2) is 18.3 Å². The third-order valence-corrected chi connectivity index (χ3v) is 3.66. The van der Waals surface area contributed by atoms with Gasteiger partial charge in [0, 0.05) is 18.6 Å². The number of hydrogen-bond acceptors (Lipinski definition) is 5. The molecule has 2 aromatic heterocycles. The van der Waals surface area contributed by atoms with Crippen LogP contribution in [0.25, 0.3) is 10.2 Å². The number of nitrogens with zero attached hydrogens (tertiary/aromatic N) is 1. The normalized spacial score (nSPS) is 10.1. The summed E-state index contributed by atoms with van der Waals surface area (Å²) in [5, 5.41) is 3.78. The summed E-state index contributed by atoms with van der Waals surface area (Å²) in [6, 6.07) is 3.61. The Kier molecular flexibility index (Phi) is 3.58. The van der Waals surface area contributed by atoms with Crippen LogP contribution in [0.5, 0.6) is 0 Å². The smallest absolute Gasteiger partial charge is 0.281 e. The number of rotatable bonds is 1. The van der Waals surface area contributed by atoms with Crippen molar-refractivity contribution < 1.29 is 4.79 Å². The van der Waals surface area contributed by atoms with Gasteiger partial charge in [0.1, 0.15) is 9.71 Å². The van der Waals surface area contributed by atoms with Gasteiger partial charge < -0.3 is 11.1 Å². The number of pyridine rings is 1. The summed E-state index contributed by atoms with van der Waals surface area (Å²) in [4.78, 5) is 17.2. The minimum Gasteiger partial charge on any atom is -0.397 e. The Morgan fingerprint density at radius 2 is 2.28 bits per heavy atom. The van der Waals surface area contributed by atoms with Gasteiger partial charge in [-0.1, -0.05) is 0 Å². The highest BCUT2D eigenvalue weighted by atomic mass is 32.1. The number of carbonyl (C=O) groups excluding carboxylic acids is 1. The standard InChI is InChI=1S/C10H11N5OS2/c1-12-10(17)15-14-8(16)7-6(11)5-3-2-4-13-9(5)18-7/h2-4H,11H2,1H3,(H,14,16)(H2,12,15,17). The lowest BCUT2D eigenvalue weighted by Crippen LogP contribution is -2.45. The molecule has 0 bridgehead atoms. The van der Waals surface area contributed by atoms with Crippen LogP contribution in [-0.4, -0.2) is 23.1 Å². The van der Waals surface area contributed by atoms with Gasteiger partial charge in [0.05, 0.1) is 5.69 Å². The molecule has 8 heteroatoms. The fourth-order valence-electron chi connectivity index (χ4n) is 1.35. The number of thiophene rings is 1. The van der Waals surface area contributed by atoms with Gasteiger partial charge >= 0.3 is 0 Å². The third kappa shape index (κ3) is 2.34. The van der Waals surface area contributed by atoms with Gasteiger partial charge in [-0.2, -0.15) is 0 Å². The first-order valence-electron chi connectivity index (χ1n) is 5.04. The molecule has 0 spiro atoms. The number of aromatic nitrogens is 1. The average molecular weight is 281 g/mol. The predicted molar refractivity (Wildman–Crippen MR) is 76.3 cm³/mol. The van der Waals surface area contributed by atoms with Gasteiger partial charge in [-0.05, 0) is 24.4 Å². The number of nitrogens with two attached hydrogens (primary N) is 1. The maximum Gasteiger partial charge on any atom is 0.281 e. The lowest BCUT2D eigenvalue weighted by molar-refractivity contribution is 0.0948. The fraction of sp³-hybridized carbons (Fsp3) is 0.100. The molecule has 94 valence electrons. The highest BCUT2D eigenvalue weighted by Gasteiger charge is 2.16. The SMILES string of the molecule is CNC(=S)NNC(=O)c1sc2ncccc2c1N. The van der Waals surface area contributed by atoms with Crippen LogP contribution >= 0.6 is 23.6 Å². The van der Waals surface area contributed by atoms with Gasteiger partial charge in [-0.3, -0.25) is 15.6 Å². The van der Waals surface area contributed by atoms with E-state index in [1.54, 1.807) is 19.3 Å². The number of hydrazine groups is 1. The summed E-state index contributed by atoms with van der Waals surface area (Å²) >= 11 is 6.08. The van der Waals surface area contributed by atoms with Crippen LogP contribution in [0.4, 0.5) is 5.69 Å². The first-order valence-corrected chi connectivity index (χ1v) is 6.27. The van der Waals surface area contributed by atoms with Crippen molar-refractivity contribution in [3.8, 4) is 0 Å². The zero-order chi connectivity index (χ0) is 13.1. The van der Waals surface area contributed by atoms with Crippen molar-refractivity contribution in [2.24, 2.45) is 0 Å². The molecule has 0 saturated carbocycles. The second-order valence-corrected chi connectivity index (χ2v) is 4.77. The summed E-state index contributed by atoms with van der Waals surface area (Å²) in [5.41, 5.74) is 11.4. The monoisotopic (exact) mass is 281 g/mol. The topological polar surface area (TPSA) is 92.1 Å². The van der Waals surface area contributed by atoms with Crippen LogP contribution in [0.3, 0.4) is 0 Å². The molecule has 0 aliphatic heterocycles. The molecule has 0 aliphatic carbocycles. The van der Waals surface area contributed by atoms with Gasteiger partial charge in [0.25, 0.3) is 5.91 Å². The molecule has 0 aromatic carbocycles. The fourth-order valence-corrected chi connectivity index (χ4v) is 2.36. The van der Waals surface area contributed by atoms with Gasteiger partial charge in [0.15, 0.2) is 5.11 Å². The van der Waals surface area contributed by atoms with Crippen molar-refractivity contribution in [3.63, 3.8) is 0 Å². The number of thiocarbonyl (C=S) groups is 1. The summed E-state index contributed by atoms with van der Waals surface area (Å²) < 4.78 is 0. The molecular weight excluding hydrogens is 270 g/mol. The van der Waals surface area contributed by atoms with Crippen molar-refractivity contribution in [2.75, 3.05) is 12.8 Å². The second kappa shape index (κ2) is 5.15. The van der Waals surface area contributed by atoms with Crippen molar-refractivity contribution in [1.29, 1.82) is 0 Å². The van der Waals surface area contributed by atoms with Crippen LogP contribution in [0.2, 0.25) is 0 Å². The average Bonchev–Trinajstić information content (AvgIpc) is 2.73. The van der Waals surface area contributed by atoms with Crippen molar-refractivity contribution in [1.82, 2.24) is 21.2 Å². The molecule has 0 atom stereocenters. The molecule has 0 radical (unpaired) electrons. The summed E-state index contributed by atoms with van der Waals surface area (Å²) in [5.74, 6) is -0.340. The molecule has 2 rings (SSSR count). The number of nitrogens with one attached hydrogen (secondary N) is 3. The Labute approximate surface area is 113 Å². The van der Waals surface area contributed by atoms with Crippen molar-refractivity contribution >= 4 is 50.5 Å². The summed E-state index contributed by atoms with van der Waals surface area (Å²) in [6.45, 7) is 0. The zero-order valence-electron chi connectivity index (χ0n) is 9.48. The van der Waals surface area contributed by atoms with E-state index in [0.29, 0.717) is 15.7 Å². The number of nitrogen functional groups attached to an aromatic ring is 1. The van der Waals surface area contributed by atoms with Crippen molar-refractivity contribution in [2.45, 2.75) is 0 Å². The highest BCUT2D eigenvalue weighted by Crippen LogP contribution is 2.31. The van der Waals surface area contributed by atoms with E-state index < -0.39 is 0 Å². The number of fused-ring (bicyclic) bond motifs is 1. The number of hydrogen-bond donors (Lipinski definition) is 4. The predicted octanol–water partition coefficient (Wildman–Crippen LogP) is 0.617. The maximum atomic E-state index is 11.9. The van der Waals surface area contributed by atoms with E-state index in [0.717, 1.165) is 10.2 Å². The largest absolute Gasteiger partial charge is 0.397 e. The van der Waals surface area contributed by atoms with E-state index in [2.05, 4.69) is 21.2 Å². The Bertz CT molecular complexity index is 609. The van der Waals surface area contributed by atoms with Gasteiger partial charge in [-0.15, -0.1) is 11.3 Å². The first kappa shape index (κ1) is 12.5. The molecule has 18 heavy (non-hydrogen) atoms. The van der Waals surface area contributed by atoms with Crippen LogP contribution in [-0.2, 0) is 0 Å². The summed E-state index contributed by atoms with van der Waals surface area (Å²) in [6.07, 6.45) is 1.66. The van der Waals surface area contributed by atoms with E-state index in [9.17, 15) is 4.79 Å². The Morgan fingerprint density at radius 3 is 2.94 bits per heavy atom. The molecule has 5 N–H and O–H groups in total. The van der Waals surface area contributed by atoms with Crippen LogP contribution in [0, 0.1) is 0 Å². The molecule has 1 amide bonds. The molecule has 0 unspecified atom stereocenters. The Balaban J connectivity index is 2.23. The number of amides is 1. The zero-order valence-corrected chi connectivity index (χ0v) is 11.1. The van der Waals surface area contributed by atoms with Crippen LogP contribution in [0.1, 0.15) is 9.67 Å². The Hall–Kier alpha value is -1.93. The molecule has 0 fully saturated rings. The van der Waals surface area contributed by atoms with Gasteiger partial charge in [0.2, 0.25) is 0 Å². The number of carbonyl (C=O) groups is 1. The van der Waals surface area contributed by atoms with E-state index in [-0.39, 0.29) is 5.91 Å². The summed E-state index contributed by atoms with van der Waals surface area (Å²) in [7, 11) is 1.65. The number of anilines is 1.